The molecule has 1 fully saturated rings. The van der Waals surface area contributed by atoms with E-state index in [1.54, 1.807) is 19.2 Å². The summed E-state index contributed by atoms with van der Waals surface area (Å²) >= 11 is 1.65. The number of ether oxygens (including phenoxy) is 1. The first-order valence-electron chi connectivity index (χ1n) is 8.23. The number of thiazole rings is 1. The first-order valence-corrected chi connectivity index (χ1v) is 9.04. The van der Waals surface area contributed by atoms with Crippen LogP contribution in [0.25, 0.3) is 10.2 Å². The summed E-state index contributed by atoms with van der Waals surface area (Å²) in [6, 6.07) is 5.80. The van der Waals surface area contributed by atoms with Crippen LogP contribution in [0.5, 0.6) is 5.75 Å². The Balaban J connectivity index is 1.53. The number of aromatic nitrogens is 1. The first kappa shape index (κ1) is 17.7. The number of piperazine rings is 1. The molecule has 1 aliphatic rings. The minimum Gasteiger partial charge on any atom is -0.487 e. The molecule has 3 rings (SSSR count). The highest BCUT2D eigenvalue weighted by Gasteiger charge is 2.19. The Labute approximate surface area is 151 Å². The first-order chi connectivity index (χ1) is 12.0. The number of hydrogen-bond donors (Lipinski definition) is 1. The third-order valence-corrected chi connectivity index (χ3v) is 5.19. The van der Waals surface area contributed by atoms with Crippen molar-refractivity contribution in [3.8, 4) is 5.75 Å². The van der Waals surface area contributed by atoms with Gasteiger partial charge in [0, 0.05) is 38.8 Å². The van der Waals surface area contributed by atoms with Gasteiger partial charge in [0.15, 0.2) is 5.81 Å². The van der Waals surface area contributed by atoms with Crippen molar-refractivity contribution in [1.82, 2.24) is 14.8 Å². The van der Waals surface area contributed by atoms with E-state index >= 15 is 0 Å². The topological polar surface area (TPSA) is 78.3 Å². The lowest BCUT2D eigenvalue weighted by Gasteiger charge is -2.34. The number of benzene rings is 1. The van der Waals surface area contributed by atoms with Gasteiger partial charge in [-0.3, -0.25) is 9.69 Å². The van der Waals surface area contributed by atoms with Crippen molar-refractivity contribution < 1.29 is 14.7 Å². The number of amides is 1. The zero-order valence-electron chi connectivity index (χ0n) is 14.4. The second kappa shape index (κ2) is 7.84. The Kier molecular flexibility index (Phi) is 5.55. The summed E-state index contributed by atoms with van der Waals surface area (Å²) < 4.78 is 6.89. The molecule has 1 aromatic carbocycles. The molecule has 9 heteroatoms. The highest BCUT2D eigenvalue weighted by molar-refractivity contribution is 7.18. The lowest BCUT2D eigenvalue weighted by Crippen LogP contribution is -2.50. The standard InChI is InChI=1S/C16H21BN4O3S/c1-11-18-14-8-13(2-3-15(14)25-11)24-10-12(19-23)9-20-4-6-21(7-5-20)16(17)22/h2-3,8,23H,4-7,9-10,17H2,1H3/b19-12-. The molecule has 0 unspecified atom stereocenters. The number of rotatable bonds is 5. The van der Waals surface area contributed by atoms with Crippen molar-refractivity contribution in [1.29, 1.82) is 0 Å². The van der Waals surface area contributed by atoms with E-state index in [9.17, 15) is 10.0 Å². The molecule has 0 saturated carbocycles. The Morgan fingerprint density at radius 1 is 1.40 bits per heavy atom. The number of carbonyl (C=O) groups excluding carboxylic acids is 1. The van der Waals surface area contributed by atoms with Gasteiger partial charge in [-0.05, 0) is 19.1 Å². The lowest BCUT2D eigenvalue weighted by atomic mass is 10.1. The Hall–Kier alpha value is -2.13. The molecule has 1 saturated heterocycles. The average Bonchev–Trinajstić information content (AvgIpc) is 2.98. The Bertz CT molecular complexity index is 787. The SMILES string of the molecule is BC(=O)N1CCN(C/C(COc2ccc3sc(C)nc3c2)=N/O)CC1. The predicted octanol–water partition coefficient (Wildman–Crippen LogP) is 1.18. The van der Waals surface area contributed by atoms with Gasteiger partial charge in [0.2, 0.25) is 7.85 Å². The van der Waals surface area contributed by atoms with Crippen molar-refractivity contribution in [3.05, 3.63) is 23.2 Å². The number of fused-ring (bicyclic) bond motifs is 1. The van der Waals surface area contributed by atoms with Crippen LogP contribution in [-0.2, 0) is 0 Å². The fourth-order valence-corrected chi connectivity index (χ4v) is 3.67. The van der Waals surface area contributed by atoms with Crippen LogP contribution in [0.1, 0.15) is 5.01 Å². The molecule has 0 atom stereocenters. The van der Waals surface area contributed by atoms with Gasteiger partial charge >= 0.3 is 0 Å². The van der Waals surface area contributed by atoms with Gasteiger partial charge in [-0.1, -0.05) is 5.16 Å². The summed E-state index contributed by atoms with van der Waals surface area (Å²) in [7, 11) is 1.59. The fourth-order valence-electron chi connectivity index (χ4n) is 2.86. The van der Waals surface area contributed by atoms with E-state index in [0.717, 1.165) is 28.3 Å². The number of oxime groups is 1. The maximum absolute atomic E-state index is 11.4. The van der Waals surface area contributed by atoms with E-state index in [2.05, 4.69) is 15.0 Å². The molecule has 1 aliphatic heterocycles. The highest BCUT2D eigenvalue weighted by Crippen LogP contribution is 2.25. The molecule has 132 valence electrons. The minimum absolute atomic E-state index is 0.103. The Morgan fingerprint density at radius 2 is 2.16 bits per heavy atom. The zero-order valence-corrected chi connectivity index (χ0v) is 15.3. The molecule has 2 heterocycles. The summed E-state index contributed by atoms with van der Waals surface area (Å²) in [5.41, 5.74) is 1.48. The van der Waals surface area contributed by atoms with E-state index in [1.807, 2.05) is 30.0 Å². The molecule has 7 nitrogen and oxygen atoms in total. The Morgan fingerprint density at radius 3 is 2.84 bits per heavy atom. The summed E-state index contributed by atoms with van der Waals surface area (Å²) in [5.74, 6) is 0.812. The van der Waals surface area contributed by atoms with Crippen LogP contribution >= 0.6 is 11.3 Å². The van der Waals surface area contributed by atoms with E-state index in [4.69, 9.17) is 4.74 Å². The van der Waals surface area contributed by atoms with Crippen LogP contribution in [0.3, 0.4) is 0 Å². The van der Waals surface area contributed by atoms with Gasteiger partial charge < -0.3 is 14.8 Å². The van der Waals surface area contributed by atoms with Crippen LogP contribution in [0.2, 0.25) is 0 Å². The molecular formula is C16H21BN4O3S. The maximum atomic E-state index is 11.4. The summed E-state index contributed by atoms with van der Waals surface area (Å²) in [4.78, 5) is 19.8. The molecule has 1 N–H and O–H groups in total. The van der Waals surface area contributed by atoms with Gasteiger partial charge in [-0.2, -0.15) is 0 Å². The van der Waals surface area contributed by atoms with Gasteiger partial charge in [-0.25, -0.2) is 4.98 Å². The molecule has 0 bridgehead atoms. The third-order valence-electron chi connectivity index (χ3n) is 4.24. The van der Waals surface area contributed by atoms with E-state index < -0.39 is 0 Å². The maximum Gasteiger partial charge on any atom is 0.215 e. The van der Waals surface area contributed by atoms with Crippen LogP contribution in [0.4, 0.5) is 4.79 Å². The van der Waals surface area contributed by atoms with Crippen molar-refractivity contribution >= 4 is 40.9 Å². The number of hydrogen-bond acceptors (Lipinski definition) is 7. The number of carbonyl (C=O) groups is 1. The fraction of sp³-hybridized carbons (Fsp3) is 0.438. The number of nitrogens with zero attached hydrogens (tertiary/aromatic N) is 4. The molecule has 0 spiro atoms. The quantitative estimate of drug-likeness (QED) is 0.375. The van der Waals surface area contributed by atoms with E-state index in [0.29, 0.717) is 31.1 Å². The zero-order chi connectivity index (χ0) is 17.8. The molecule has 0 radical (unpaired) electrons. The smallest absolute Gasteiger partial charge is 0.215 e. The second-order valence-electron chi connectivity index (χ2n) is 6.10. The van der Waals surface area contributed by atoms with E-state index in [-0.39, 0.29) is 12.4 Å². The molecule has 1 amide bonds. The van der Waals surface area contributed by atoms with Crippen molar-refractivity contribution in [2.45, 2.75) is 6.92 Å². The van der Waals surface area contributed by atoms with Gasteiger partial charge in [0.1, 0.15) is 18.1 Å². The second-order valence-corrected chi connectivity index (χ2v) is 7.33. The van der Waals surface area contributed by atoms with Crippen LogP contribution in [0.15, 0.2) is 23.4 Å². The van der Waals surface area contributed by atoms with Crippen LogP contribution < -0.4 is 4.74 Å². The normalized spacial score (nSPS) is 16.4. The van der Waals surface area contributed by atoms with Crippen LogP contribution in [-0.4, -0.2) is 78.7 Å². The van der Waals surface area contributed by atoms with Gasteiger partial charge in [-0.15, -0.1) is 11.3 Å². The van der Waals surface area contributed by atoms with Crippen molar-refractivity contribution in [2.24, 2.45) is 5.16 Å². The predicted molar refractivity (Wildman–Crippen MR) is 101 cm³/mol. The van der Waals surface area contributed by atoms with Gasteiger partial charge in [0.05, 0.1) is 15.2 Å². The lowest BCUT2D eigenvalue weighted by molar-refractivity contribution is 0.162. The van der Waals surface area contributed by atoms with Crippen LogP contribution in [0, 0.1) is 6.92 Å². The number of aryl methyl sites for hydroxylation is 1. The molecule has 1 aromatic heterocycles. The summed E-state index contributed by atoms with van der Waals surface area (Å²) in [6.45, 7) is 5.67. The highest BCUT2D eigenvalue weighted by atomic mass is 32.1. The third kappa shape index (κ3) is 4.49. The molecular weight excluding hydrogens is 339 g/mol. The summed E-state index contributed by atoms with van der Waals surface area (Å²) in [6.07, 6.45) is 0. The monoisotopic (exact) mass is 360 g/mol. The van der Waals surface area contributed by atoms with Crippen molar-refractivity contribution in [2.75, 3.05) is 39.3 Å². The molecule has 0 aliphatic carbocycles. The van der Waals surface area contributed by atoms with Crippen molar-refractivity contribution in [3.63, 3.8) is 0 Å². The molecule has 25 heavy (non-hydrogen) atoms. The average molecular weight is 360 g/mol. The summed E-state index contributed by atoms with van der Waals surface area (Å²) in [5, 5.41) is 13.7. The van der Waals surface area contributed by atoms with E-state index in [1.165, 1.54) is 0 Å². The minimum atomic E-state index is 0.103. The molecule has 2 aromatic rings. The van der Waals surface area contributed by atoms with Gasteiger partial charge in [0.25, 0.3) is 0 Å². The largest absolute Gasteiger partial charge is 0.487 e.